The van der Waals surface area contributed by atoms with Crippen LogP contribution in [0.5, 0.6) is 11.5 Å². The van der Waals surface area contributed by atoms with E-state index in [-0.39, 0.29) is 23.1 Å². The third-order valence-corrected chi connectivity index (χ3v) is 5.76. The summed E-state index contributed by atoms with van der Waals surface area (Å²) in [5, 5.41) is 29.2. The maximum Gasteiger partial charge on any atom is 0.293 e. The quantitative estimate of drug-likeness (QED) is 0.179. The van der Waals surface area contributed by atoms with Gasteiger partial charge in [-0.2, -0.15) is 9.78 Å². The first-order valence-corrected chi connectivity index (χ1v) is 11.5. The summed E-state index contributed by atoms with van der Waals surface area (Å²) in [6.45, 7) is 4.22. The molecule has 0 bridgehead atoms. The number of ether oxygens (including phenoxy) is 1. The standard InChI is InChI=1S/C22H22N8O4S/c1-3-33-18-10-14(6-9-17(18)31)11-24-26-22(32)19-16(12-35-15-7-4-13(2)5-8-15)30(29-25-19)21-20(23)27-34-28-21/h4-11,31H,3,12H2,1-2H3,(H2,23,27)(H,26,32). The van der Waals surface area contributed by atoms with E-state index in [4.69, 9.17) is 10.5 Å². The van der Waals surface area contributed by atoms with Crippen molar-refractivity contribution in [2.24, 2.45) is 5.10 Å². The molecule has 0 unspecified atom stereocenters. The van der Waals surface area contributed by atoms with Crippen LogP contribution in [0.3, 0.4) is 0 Å². The van der Waals surface area contributed by atoms with E-state index >= 15 is 0 Å². The number of phenols is 1. The summed E-state index contributed by atoms with van der Waals surface area (Å²) >= 11 is 1.49. The fraction of sp³-hybridized carbons (Fsp3) is 0.182. The molecule has 0 aliphatic rings. The predicted molar refractivity (Wildman–Crippen MR) is 129 cm³/mol. The van der Waals surface area contributed by atoms with Crippen LogP contribution in [0.2, 0.25) is 0 Å². The summed E-state index contributed by atoms with van der Waals surface area (Å²) in [6, 6.07) is 12.7. The van der Waals surface area contributed by atoms with Gasteiger partial charge in [0, 0.05) is 10.6 Å². The van der Waals surface area contributed by atoms with E-state index in [1.54, 1.807) is 12.1 Å². The molecule has 180 valence electrons. The molecular formula is C22H22N8O4S. The Labute approximate surface area is 204 Å². The van der Waals surface area contributed by atoms with Crippen molar-refractivity contribution in [3.8, 4) is 17.3 Å². The molecule has 2 aromatic heterocycles. The van der Waals surface area contributed by atoms with Crippen molar-refractivity contribution in [2.75, 3.05) is 12.3 Å². The van der Waals surface area contributed by atoms with Gasteiger partial charge in [0.2, 0.25) is 11.6 Å². The van der Waals surface area contributed by atoms with Crippen LogP contribution in [0.4, 0.5) is 5.82 Å². The molecule has 0 atom stereocenters. The number of carbonyl (C=O) groups excluding carboxylic acids is 1. The molecule has 0 aliphatic heterocycles. The van der Waals surface area contributed by atoms with E-state index in [2.05, 4.69) is 35.8 Å². The number of amides is 1. The fourth-order valence-electron chi connectivity index (χ4n) is 3.00. The van der Waals surface area contributed by atoms with Gasteiger partial charge >= 0.3 is 0 Å². The number of hydrogen-bond donors (Lipinski definition) is 3. The van der Waals surface area contributed by atoms with Crippen LogP contribution >= 0.6 is 11.8 Å². The Bertz CT molecular complexity index is 1350. The van der Waals surface area contributed by atoms with Gasteiger partial charge in [-0.15, -0.1) is 16.9 Å². The van der Waals surface area contributed by atoms with Crippen LogP contribution in [-0.4, -0.2) is 49.1 Å². The number of phenolic OH excluding ortho intramolecular Hbond substituents is 1. The first kappa shape index (κ1) is 23.8. The van der Waals surface area contributed by atoms with Gasteiger partial charge in [0.05, 0.1) is 18.5 Å². The van der Waals surface area contributed by atoms with Crippen molar-refractivity contribution in [1.82, 2.24) is 30.7 Å². The van der Waals surface area contributed by atoms with Crippen molar-refractivity contribution in [3.05, 3.63) is 65.0 Å². The average Bonchev–Trinajstić information content (AvgIpc) is 3.46. The van der Waals surface area contributed by atoms with Crippen molar-refractivity contribution in [2.45, 2.75) is 24.5 Å². The third-order valence-electron chi connectivity index (χ3n) is 4.73. The maximum absolute atomic E-state index is 12.9. The van der Waals surface area contributed by atoms with Crippen LogP contribution in [-0.2, 0) is 5.75 Å². The lowest BCUT2D eigenvalue weighted by Gasteiger charge is -2.06. The van der Waals surface area contributed by atoms with E-state index in [9.17, 15) is 9.90 Å². The highest BCUT2D eigenvalue weighted by atomic mass is 32.2. The Morgan fingerprint density at radius 2 is 2.09 bits per heavy atom. The first-order valence-electron chi connectivity index (χ1n) is 10.5. The number of hydrazone groups is 1. The van der Waals surface area contributed by atoms with E-state index in [1.807, 2.05) is 38.1 Å². The van der Waals surface area contributed by atoms with Crippen molar-refractivity contribution in [1.29, 1.82) is 0 Å². The number of nitrogens with two attached hydrogens (primary N) is 1. The monoisotopic (exact) mass is 494 g/mol. The molecule has 4 aromatic rings. The Balaban J connectivity index is 1.55. The number of aromatic nitrogens is 5. The van der Waals surface area contributed by atoms with Gasteiger partial charge in [-0.05, 0) is 60.1 Å². The van der Waals surface area contributed by atoms with E-state index < -0.39 is 5.91 Å². The summed E-state index contributed by atoms with van der Waals surface area (Å²) in [7, 11) is 0. The largest absolute Gasteiger partial charge is 0.504 e. The molecule has 13 heteroatoms. The number of benzene rings is 2. The van der Waals surface area contributed by atoms with Crippen LogP contribution < -0.4 is 15.9 Å². The molecule has 0 aliphatic carbocycles. The Kier molecular flexibility index (Phi) is 7.26. The zero-order chi connectivity index (χ0) is 24.8. The van der Waals surface area contributed by atoms with E-state index in [0.29, 0.717) is 29.4 Å². The minimum Gasteiger partial charge on any atom is -0.504 e. The molecule has 12 nitrogen and oxygen atoms in total. The SMILES string of the molecule is CCOc1cc(C=NNC(=O)c2nnn(-c3nonc3N)c2CSc2ccc(C)cc2)ccc1O. The third kappa shape index (κ3) is 5.58. The molecule has 0 fully saturated rings. The summed E-state index contributed by atoms with van der Waals surface area (Å²) in [5.41, 5.74) is 10.5. The van der Waals surface area contributed by atoms with Crippen LogP contribution in [0, 0.1) is 6.92 Å². The van der Waals surface area contributed by atoms with Crippen molar-refractivity contribution in [3.63, 3.8) is 0 Å². The number of hydrogen-bond acceptors (Lipinski definition) is 11. The second kappa shape index (κ2) is 10.7. The number of thioether (sulfide) groups is 1. The van der Waals surface area contributed by atoms with Crippen molar-refractivity contribution < 1.29 is 19.3 Å². The molecule has 35 heavy (non-hydrogen) atoms. The number of nitrogens with one attached hydrogen (secondary N) is 1. The topological polar surface area (TPSA) is 167 Å². The molecule has 4 N–H and O–H groups in total. The lowest BCUT2D eigenvalue weighted by molar-refractivity contribution is 0.0949. The normalized spacial score (nSPS) is 11.1. The van der Waals surface area contributed by atoms with Gasteiger partial charge in [-0.3, -0.25) is 4.79 Å². The number of aromatic hydroxyl groups is 1. The molecule has 4 rings (SSSR count). The molecule has 2 heterocycles. The molecule has 1 amide bonds. The van der Waals surface area contributed by atoms with Gasteiger partial charge in [0.25, 0.3) is 5.91 Å². The van der Waals surface area contributed by atoms with Crippen LogP contribution in [0.1, 0.15) is 34.2 Å². The highest BCUT2D eigenvalue weighted by molar-refractivity contribution is 7.98. The number of anilines is 1. The summed E-state index contributed by atoms with van der Waals surface area (Å²) in [4.78, 5) is 13.9. The zero-order valence-electron chi connectivity index (χ0n) is 18.9. The molecular weight excluding hydrogens is 472 g/mol. The second-order valence-electron chi connectivity index (χ2n) is 7.23. The number of nitrogen functional groups attached to an aromatic ring is 1. The molecule has 0 saturated heterocycles. The Morgan fingerprint density at radius 3 is 2.80 bits per heavy atom. The Morgan fingerprint density at radius 1 is 1.29 bits per heavy atom. The fourth-order valence-corrected chi connectivity index (χ4v) is 3.89. The van der Waals surface area contributed by atoms with Gasteiger partial charge < -0.3 is 15.6 Å². The van der Waals surface area contributed by atoms with Crippen LogP contribution in [0.25, 0.3) is 5.82 Å². The number of nitrogens with zero attached hydrogens (tertiary/aromatic N) is 6. The van der Waals surface area contributed by atoms with E-state index in [1.165, 1.54) is 28.7 Å². The summed E-state index contributed by atoms with van der Waals surface area (Å²) in [5.74, 6) is 0.239. The number of rotatable bonds is 9. The number of aryl methyl sites for hydroxylation is 1. The number of carbonyl (C=O) groups is 1. The molecule has 0 saturated carbocycles. The van der Waals surface area contributed by atoms with Crippen LogP contribution in [0.15, 0.2) is 57.1 Å². The molecule has 0 spiro atoms. The second-order valence-corrected chi connectivity index (χ2v) is 8.28. The average molecular weight is 495 g/mol. The predicted octanol–water partition coefficient (Wildman–Crippen LogP) is 2.70. The maximum atomic E-state index is 12.9. The Hall–Kier alpha value is -4.39. The minimum absolute atomic E-state index is 0.0129. The van der Waals surface area contributed by atoms with Gasteiger partial charge in [-0.25, -0.2) is 10.1 Å². The highest BCUT2D eigenvalue weighted by Gasteiger charge is 2.24. The summed E-state index contributed by atoms with van der Waals surface area (Å²) in [6.07, 6.45) is 1.42. The van der Waals surface area contributed by atoms with Gasteiger partial charge in [-0.1, -0.05) is 22.9 Å². The molecule has 2 aromatic carbocycles. The smallest absolute Gasteiger partial charge is 0.293 e. The highest BCUT2D eigenvalue weighted by Crippen LogP contribution is 2.27. The zero-order valence-corrected chi connectivity index (χ0v) is 19.7. The summed E-state index contributed by atoms with van der Waals surface area (Å²) < 4.78 is 11.4. The van der Waals surface area contributed by atoms with Gasteiger partial charge in [0.15, 0.2) is 17.2 Å². The van der Waals surface area contributed by atoms with E-state index in [0.717, 1.165) is 10.5 Å². The molecule has 0 radical (unpaired) electrons. The van der Waals surface area contributed by atoms with Gasteiger partial charge in [0.1, 0.15) is 0 Å². The minimum atomic E-state index is -0.578. The van der Waals surface area contributed by atoms with Crippen molar-refractivity contribution >= 4 is 29.7 Å². The lowest BCUT2D eigenvalue weighted by Crippen LogP contribution is -2.20. The first-order chi connectivity index (χ1) is 17.0. The lowest BCUT2D eigenvalue weighted by atomic mass is 10.2.